The second-order valence-corrected chi connectivity index (χ2v) is 4.59. The van der Waals surface area contributed by atoms with Crippen molar-refractivity contribution in [1.29, 1.82) is 0 Å². The Kier molecular flexibility index (Phi) is 4.07. The van der Waals surface area contributed by atoms with Crippen LogP contribution in [0.15, 0.2) is 30.3 Å². The number of hydrogen-bond donors (Lipinski definition) is 3. The summed E-state index contributed by atoms with van der Waals surface area (Å²) in [5.41, 5.74) is 6.97. The molecule has 2 rings (SSSR count). The van der Waals surface area contributed by atoms with Crippen LogP contribution in [-0.4, -0.2) is 13.0 Å². The summed E-state index contributed by atoms with van der Waals surface area (Å²) in [7, 11) is 1.50. The van der Waals surface area contributed by atoms with E-state index in [2.05, 4.69) is 10.6 Å². The molecule has 0 radical (unpaired) electrons. The fourth-order valence-corrected chi connectivity index (χ4v) is 1.84. The van der Waals surface area contributed by atoms with E-state index >= 15 is 0 Å². The molecule has 6 heteroatoms. The van der Waals surface area contributed by atoms with E-state index in [1.54, 1.807) is 6.07 Å². The highest BCUT2D eigenvalue weighted by Gasteiger charge is 2.11. The lowest BCUT2D eigenvalue weighted by molar-refractivity contribution is 0.0963. The maximum absolute atomic E-state index is 13.8. The van der Waals surface area contributed by atoms with Crippen molar-refractivity contribution in [2.75, 3.05) is 18.1 Å². The molecule has 0 atom stereocenters. The lowest BCUT2D eigenvalue weighted by Crippen LogP contribution is -2.18. The van der Waals surface area contributed by atoms with Crippen molar-refractivity contribution in [2.45, 2.75) is 6.92 Å². The first kappa shape index (κ1) is 14.8. The SMILES string of the molecule is CNC(=O)c1ccc(N)c(Nc2cc(F)c(C)cc2F)c1. The summed E-state index contributed by atoms with van der Waals surface area (Å²) < 4.78 is 27.3. The lowest BCUT2D eigenvalue weighted by atomic mass is 10.1. The van der Waals surface area contributed by atoms with Crippen LogP contribution in [0.25, 0.3) is 0 Å². The quantitative estimate of drug-likeness (QED) is 0.762. The van der Waals surface area contributed by atoms with E-state index in [4.69, 9.17) is 5.73 Å². The number of halogens is 2. The number of carbonyl (C=O) groups excluding carboxylic acids is 1. The molecule has 0 aliphatic heterocycles. The second-order valence-electron chi connectivity index (χ2n) is 4.59. The summed E-state index contributed by atoms with van der Waals surface area (Å²) in [4.78, 5) is 11.6. The maximum Gasteiger partial charge on any atom is 0.251 e. The number of nitrogens with one attached hydrogen (secondary N) is 2. The Morgan fingerprint density at radius 1 is 1.10 bits per heavy atom. The summed E-state index contributed by atoms with van der Waals surface area (Å²) in [6.45, 7) is 1.47. The van der Waals surface area contributed by atoms with E-state index in [0.717, 1.165) is 12.1 Å². The van der Waals surface area contributed by atoms with Crippen LogP contribution in [-0.2, 0) is 0 Å². The highest BCUT2D eigenvalue weighted by atomic mass is 19.1. The normalized spacial score (nSPS) is 10.3. The zero-order valence-electron chi connectivity index (χ0n) is 11.6. The molecule has 2 aromatic rings. The van der Waals surface area contributed by atoms with Crippen LogP contribution >= 0.6 is 0 Å². The molecule has 21 heavy (non-hydrogen) atoms. The molecule has 0 heterocycles. The van der Waals surface area contributed by atoms with Crippen molar-refractivity contribution in [3.05, 3.63) is 53.1 Å². The molecule has 0 spiro atoms. The van der Waals surface area contributed by atoms with Gasteiger partial charge in [0.1, 0.15) is 11.6 Å². The fourth-order valence-electron chi connectivity index (χ4n) is 1.84. The van der Waals surface area contributed by atoms with Crippen molar-refractivity contribution in [1.82, 2.24) is 5.32 Å². The zero-order chi connectivity index (χ0) is 15.6. The van der Waals surface area contributed by atoms with Gasteiger partial charge in [-0.05, 0) is 36.8 Å². The third kappa shape index (κ3) is 3.10. The summed E-state index contributed by atoms with van der Waals surface area (Å²) in [5.74, 6) is -1.42. The van der Waals surface area contributed by atoms with Crippen LogP contribution in [0.3, 0.4) is 0 Å². The van der Waals surface area contributed by atoms with Gasteiger partial charge in [0.05, 0.1) is 17.1 Å². The van der Waals surface area contributed by atoms with Gasteiger partial charge in [-0.3, -0.25) is 4.79 Å². The summed E-state index contributed by atoms with van der Waals surface area (Å²) >= 11 is 0. The molecule has 2 aromatic carbocycles. The Labute approximate surface area is 121 Å². The molecular formula is C15H15F2N3O. The highest BCUT2D eigenvalue weighted by Crippen LogP contribution is 2.27. The van der Waals surface area contributed by atoms with E-state index in [9.17, 15) is 13.6 Å². The minimum atomic E-state index is -0.598. The standard InChI is InChI=1S/C15H15F2N3O/c1-8-5-11(17)13(7-10(8)16)20-14-6-9(15(21)19-2)3-4-12(14)18/h3-7,20H,18H2,1-2H3,(H,19,21). The smallest absolute Gasteiger partial charge is 0.251 e. The van der Waals surface area contributed by atoms with Gasteiger partial charge >= 0.3 is 0 Å². The third-order valence-electron chi connectivity index (χ3n) is 3.06. The number of benzene rings is 2. The molecule has 0 bridgehead atoms. The van der Waals surface area contributed by atoms with Crippen LogP contribution < -0.4 is 16.4 Å². The predicted octanol–water partition coefficient (Wildman–Crippen LogP) is 2.96. The van der Waals surface area contributed by atoms with Crippen molar-refractivity contribution in [2.24, 2.45) is 0 Å². The second kappa shape index (κ2) is 5.78. The predicted molar refractivity (Wildman–Crippen MR) is 78.6 cm³/mol. The van der Waals surface area contributed by atoms with E-state index in [0.29, 0.717) is 16.9 Å². The largest absolute Gasteiger partial charge is 0.397 e. The topological polar surface area (TPSA) is 67.2 Å². The van der Waals surface area contributed by atoms with Crippen molar-refractivity contribution in [3.8, 4) is 0 Å². The van der Waals surface area contributed by atoms with E-state index < -0.39 is 11.6 Å². The van der Waals surface area contributed by atoms with Gasteiger partial charge in [-0.2, -0.15) is 0 Å². The third-order valence-corrected chi connectivity index (χ3v) is 3.06. The Bertz CT molecular complexity index is 702. The van der Waals surface area contributed by atoms with Gasteiger partial charge in [0, 0.05) is 18.7 Å². The van der Waals surface area contributed by atoms with Crippen LogP contribution in [0.2, 0.25) is 0 Å². The van der Waals surface area contributed by atoms with Gasteiger partial charge in [0.15, 0.2) is 0 Å². The molecule has 0 fully saturated rings. The molecule has 0 aromatic heterocycles. The van der Waals surface area contributed by atoms with E-state index in [1.165, 1.54) is 26.1 Å². The molecular weight excluding hydrogens is 276 g/mol. The Balaban J connectivity index is 2.39. The van der Waals surface area contributed by atoms with E-state index in [-0.39, 0.29) is 17.2 Å². The average molecular weight is 291 g/mol. The number of hydrogen-bond acceptors (Lipinski definition) is 3. The molecule has 0 aliphatic carbocycles. The zero-order valence-corrected chi connectivity index (χ0v) is 11.6. The fraction of sp³-hybridized carbons (Fsp3) is 0.133. The highest BCUT2D eigenvalue weighted by molar-refractivity contribution is 5.96. The summed E-state index contributed by atoms with van der Waals surface area (Å²) in [5, 5.41) is 5.19. The summed E-state index contributed by atoms with van der Waals surface area (Å²) in [6, 6.07) is 6.69. The summed E-state index contributed by atoms with van der Waals surface area (Å²) in [6.07, 6.45) is 0. The molecule has 110 valence electrons. The first-order valence-electron chi connectivity index (χ1n) is 6.26. The first-order valence-corrected chi connectivity index (χ1v) is 6.26. The molecule has 0 saturated heterocycles. The van der Waals surface area contributed by atoms with E-state index in [1.807, 2.05) is 0 Å². The van der Waals surface area contributed by atoms with Gasteiger partial charge in [-0.15, -0.1) is 0 Å². The minimum Gasteiger partial charge on any atom is -0.397 e. The van der Waals surface area contributed by atoms with Crippen LogP contribution in [0, 0.1) is 18.6 Å². The van der Waals surface area contributed by atoms with Crippen LogP contribution in [0.5, 0.6) is 0 Å². The molecule has 0 aliphatic rings. The number of nitrogens with two attached hydrogens (primary N) is 1. The van der Waals surface area contributed by atoms with Gasteiger partial charge in [0.25, 0.3) is 5.91 Å². The monoisotopic (exact) mass is 291 g/mol. The van der Waals surface area contributed by atoms with Crippen molar-refractivity contribution < 1.29 is 13.6 Å². The molecule has 4 N–H and O–H groups in total. The van der Waals surface area contributed by atoms with Gasteiger partial charge in [0.2, 0.25) is 0 Å². The average Bonchev–Trinajstić information content (AvgIpc) is 2.46. The van der Waals surface area contributed by atoms with Crippen molar-refractivity contribution in [3.63, 3.8) is 0 Å². The van der Waals surface area contributed by atoms with Crippen LogP contribution in [0.4, 0.5) is 25.8 Å². The minimum absolute atomic E-state index is 0.0427. The number of carbonyl (C=O) groups is 1. The first-order chi connectivity index (χ1) is 9.92. The molecule has 4 nitrogen and oxygen atoms in total. The van der Waals surface area contributed by atoms with Gasteiger partial charge < -0.3 is 16.4 Å². The number of nitrogen functional groups attached to an aromatic ring is 1. The Morgan fingerprint density at radius 2 is 1.81 bits per heavy atom. The molecule has 0 saturated carbocycles. The molecule has 1 amide bonds. The number of rotatable bonds is 3. The molecule has 0 unspecified atom stereocenters. The van der Waals surface area contributed by atoms with Crippen molar-refractivity contribution >= 4 is 23.0 Å². The van der Waals surface area contributed by atoms with Gasteiger partial charge in [-0.1, -0.05) is 0 Å². The Hall–Kier alpha value is -2.63. The number of anilines is 3. The lowest BCUT2D eigenvalue weighted by Gasteiger charge is -2.12. The van der Waals surface area contributed by atoms with Crippen LogP contribution in [0.1, 0.15) is 15.9 Å². The number of amides is 1. The maximum atomic E-state index is 13.8. The Morgan fingerprint density at radius 3 is 2.48 bits per heavy atom. The van der Waals surface area contributed by atoms with Gasteiger partial charge in [-0.25, -0.2) is 8.78 Å². The number of aryl methyl sites for hydroxylation is 1.